The van der Waals surface area contributed by atoms with Crippen LogP contribution in [0, 0.1) is 0 Å². The summed E-state index contributed by atoms with van der Waals surface area (Å²) >= 11 is 0. The molecule has 31 heavy (non-hydrogen) atoms. The molecule has 9 nitrogen and oxygen atoms in total. The van der Waals surface area contributed by atoms with Gasteiger partial charge in [0.05, 0.1) is 35.4 Å². The Morgan fingerprint density at radius 3 is 2.71 bits per heavy atom. The fourth-order valence-electron chi connectivity index (χ4n) is 3.77. The van der Waals surface area contributed by atoms with Gasteiger partial charge in [0.25, 0.3) is 0 Å². The number of aromatic amines is 1. The molecule has 2 N–H and O–H groups in total. The van der Waals surface area contributed by atoms with Crippen LogP contribution in [0.2, 0.25) is 0 Å². The number of halogens is 3. The summed E-state index contributed by atoms with van der Waals surface area (Å²) in [5, 5.41) is 6.96. The zero-order valence-electron chi connectivity index (χ0n) is 16.2. The van der Waals surface area contributed by atoms with Gasteiger partial charge in [-0.2, -0.15) is 18.3 Å². The number of carbonyl (C=O) groups excluding carboxylic acids is 1. The predicted molar refractivity (Wildman–Crippen MR) is 105 cm³/mol. The third-order valence-electron chi connectivity index (χ3n) is 5.43. The van der Waals surface area contributed by atoms with Crippen LogP contribution in [-0.2, 0) is 20.2 Å². The summed E-state index contributed by atoms with van der Waals surface area (Å²) in [5.74, 6) is -1.17. The molecule has 13 heteroatoms. The Kier molecular flexibility index (Phi) is 5.23. The van der Waals surface area contributed by atoms with E-state index in [0.29, 0.717) is 16.9 Å². The average molecular weight is 456 g/mol. The van der Waals surface area contributed by atoms with Crippen LogP contribution in [0.3, 0.4) is 0 Å². The first-order valence-corrected chi connectivity index (χ1v) is 11.3. The van der Waals surface area contributed by atoms with Gasteiger partial charge in [-0.15, -0.1) is 0 Å². The number of hydrogen-bond donors (Lipinski definition) is 2. The molecule has 1 saturated heterocycles. The van der Waals surface area contributed by atoms with Gasteiger partial charge in [0.1, 0.15) is 18.5 Å². The molecule has 4 rings (SSSR count). The number of H-pyrrole nitrogens is 1. The summed E-state index contributed by atoms with van der Waals surface area (Å²) in [6.07, 6.45) is 1.57. The van der Waals surface area contributed by atoms with Crippen molar-refractivity contribution in [3.8, 4) is 11.3 Å². The van der Waals surface area contributed by atoms with Gasteiger partial charge in [-0.1, -0.05) is 0 Å². The summed E-state index contributed by atoms with van der Waals surface area (Å²) < 4.78 is 62.8. The number of alkyl halides is 3. The van der Waals surface area contributed by atoms with Gasteiger partial charge < -0.3 is 10.3 Å². The number of fused-ring (bicyclic) bond motifs is 1. The number of nitrogens with zero attached hydrogens (tertiary/aromatic N) is 4. The highest BCUT2D eigenvalue weighted by atomic mass is 32.2. The highest BCUT2D eigenvalue weighted by Gasteiger charge is 2.42. The minimum Gasteiger partial charge on any atom is -0.347 e. The zero-order valence-corrected chi connectivity index (χ0v) is 17.0. The number of aromatic nitrogens is 5. The Balaban J connectivity index is 1.65. The summed E-state index contributed by atoms with van der Waals surface area (Å²) in [7, 11) is -3.28. The second kappa shape index (κ2) is 7.62. The van der Waals surface area contributed by atoms with Crippen molar-refractivity contribution in [3.63, 3.8) is 0 Å². The quantitative estimate of drug-likeness (QED) is 0.604. The molecule has 1 aliphatic heterocycles. The molecule has 1 amide bonds. The number of amides is 1. The molecule has 0 saturated carbocycles. The Morgan fingerprint density at radius 1 is 1.26 bits per heavy atom. The first-order valence-electron chi connectivity index (χ1n) is 9.44. The van der Waals surface area contributed by atoms with E-state index in [1.807, 2.05) is 5.32 Å². The lowest BCUT2D eigenvalue weighted by Crippen LogP contribution is -2.46. The molecule has 0 radical (unpaired) electrons. The van der Waals surface area contributed by atoms with Crippen LogP contribution < -0.4 is 5.32 Å². The number of rotatable bonds is 5. The van der Waals surface area contributed by atoms with Crippen LogP contribution in [0.25, 0.3) is 22.3 Å². The second-order valence-corrected chi connectivity index (χ2v) is 9.88. The van der Waals surface area contributed by atoms with E-state index in [1.165, 1.54) is 17.2 Å². The summed E-state index contributed by atoms with van der Waals surface area (Å²) in [6, 6.07) is 1.80. The molecule has 1 aliphatic rings. The van der Waals surface area contributed by atoms with Crippen molar-refractivity contribution in [2.24, 2.45) is 0 Å². The number of sulfone groups is 1. The van der Waals surface area contributed by atoms with Crippen LogP contribution in [0.5, 0.6) is 0 Å². The third kappa shape index (κ3) is 4.55. The van der Waals surface area contributed by atoms with E-state index in [2.05, 4.69) is 20.1 Å². The maximum atomic E-state index is 12.5. The Labute approximate surface area is 175 Å². The normalized spacial score (nSPS) is 18.2. The van der Waals surface area contributed by atoms with Crippen molar-refractivity contribution in [1.82, 2.24) is 30.0 Å². The Bertz CT molecular complexity index is 1200. The minimum atomic E-state index is -4.54. The number of nitrogens with one attached hydrogen (secondary N) is 2. The maximum Gasteiger partial charge on any atom is 0.405 e. The first kappa shape index (κ1) is 21.3. The SMILES string of the molecule is O=C(CC1(n2cc(-c3ncnc4[nH]ccc34)cn2)CCS(=O)(=O)CC1)NCC(F)(F)F. The highest BCUT2D eigenvalue weighted by molar-refractivity contribution is 7.91. The van der Waals surface area contributed by atoms with E-state index >= 15 is 0 Å². The van der Waals surface area contributed by atoms with Gasteiger partial charge in [-0.05, 0) is 18.9 Å². The van der Waals surface area contributed by atoms with Crippen LogP contribution in [0.4, 0.5) is 13.2 Å². The van der Waals surface area contributed by atoms with Crippen molar-refractivity contribution in [1.29, 1.82) is 0 Å². The molecule has 1 fully saturated rings. The van der Waals surface area contributed by atoms with Gasteiger partial charge >= 0.3 is 6.18 Å². The van der Waals surface area contributed by atoms with Gasteiger partial charge in [0.15, 0.2) is 9.84 Å². The lowest BCUT2D eigenvalue weighted by molar-refractivity contribution is -0.139. The Morgan fingerprint density at radius 2 is 2.00 bits per heavy atom. The fourth-order valence-corrected chi connectivity index (χ4v) is 5.36. The molecule has 0 bridgehead atoms. The largest absolute Gasteiger partial charge is 0.405 e. The van der Waals surface area contributed by atoms with E-state index in [0.717, 1.165) is 5.39 Å². The predicted octanol–water partition coefficient (Wildman–Crippen LogP) is 1.79. The van der Waals surface area contributed by atoms with Crippen molar-refractivity contribution in [3.05, 3.63) is 31.0 Å². The third-order valence-corrected chi connectivity index (χ3v) is 7.08. The van der Waals surface area contributed by atoms with E-state index in [9.17, 15) is 26.4 Å². The summed E-state index contributed by atoms with van der Waals surface area (Å²) in [5.41, 5.74) is 0.791. The van der Waals surface area contributed by atoms with Gasteiger partial charge in [0, 0.05) is 23.3 Å². The summed E-state index contributed by atoms with van der Waals surface area (Å²) in [6.45, 7) is -1.45. The molecule has 3 aromatic heterocycles. The van der Waals surface area contributed by atoms with Crippen molar-refractivity contribution < 1.29 is 26.4 Å². The molecular weight excluding hydrogens is 437 g/mol. The molecule has 3 aromatic rings. The lowest BCUT2D eigenvalue weighted by atomic mass is 9.88. The van der Waals surface area contributed by atoms with Crippen molar-refractivity contribution in [2.75, 3.05) is 18.1 Å². The first-order chi connectivity index (χ1) is 14.6. The lowest BCUT2D eigenvalue weighted by Gasteiger charge is -2.37. The second-order valence-electron chi connectivity index (χ2n) is 7.58. The molecule has 4 heterocycles. The zero-order chi connectivity index (χ0) is 22.3. The van der Waals surface area contributed by atoms with E-state index < -0.39 is 34.0 Å². The Hall–Kier alpha value is -2.96. The molecule has 0 aliphatic carbocycles. The van der Waals surface area contributed by atoms with Crippen molar-refractivity contribution >= 4 is 26.8 Å². The van der Waals surface area contributed by atoms with E-state index in [1.54, 1.807) is 18.5 Å². The smallest absolute Gasteiger partial charge is 0.347 e. The molecule has 166 valence electrons. The number of carbonyl (C=O) groups is 1. The molecule has 0 unspecified atom stereocenters. The summed E-state index contributed by atoms with van der Waals surface area (Å²) in [4.78, 5) is 23.7. The van der Waals surface area contributed by atoms with Gasteiger partial charge in [0.2, 0.25) is 5.91 Å². The number of hydrogen-bond acceptors (Lipinski definition) is 6. The van der Waals surface area contributed by atoms with Crippen LogP contribution in [-0.4, -0.2) is 63.3 Å². The molecule has 0 aromatic carbocycles. The maximum absolute atomic E-state index is 12.5. The van der Waals surface area contributed by atoms with Crippen LogP contribution >= 0.6 is 0 Å². The molecule has 0 spiro atoms. The molecule has 0 atom stereocenters. The van der Waals surface area contributed by atoms with Crippen LogP contribution in [0.1, 0.15) is 19.3 Å². The monoisotopic (exact) mass is 456 g/mol. The van der Waals surface area contributed by atoms with Crippen molar-refractivity contribution in [2.45, 2.75) is 31.0 Å². The van der Waals surface area contributed by atoms with Gasteiger partial charge in [-0.3, -0.25) is 9.48 Å². The average Bonchev–Trinajstić information content (AvgIpc) is 3.37. The van der Waals surface area contributed by atoms with Crippen LogP contribution in [0.15, 0.2) is 31.0 Å². The minimum absolute atomic E-state index is 0.0687. The standard InChI is InChI=1S/C18H19F3N6O3S/c19-18(20,21)10-23-14(28)7-17(2-5-31(29,30)6-3-17)27-9-12(8-26-27)15-13-1-4-22-16(13)25-11-24-15/h1,4,8-9,11H,2-3,5-7,10H2,(H,23,28)(H,22,24,25). The fraction of sp³-hybridized carbons (Fsp3) is 0.444. The topological polar surface area (TPSA) is 123 Å². The van der Waals surface area contributed by atoms with E-state index in [-0.39, 0.29) is 30.8 Å². The van der Waals surface area contributed by atoms with E-state index in [4.69, 9.17) is 0 Å². The molecular formula is C18H19F3N6O3S. The van der Waals surface area contributed by atoms with Gasteiger partial charge in [-0.25, -0.2) is 18.4 Å². The highest BCUT2D eigenvalue weighted by Crippen LogP contribution is 2.36.